The van der Waals surface area contributed by atoms with Crippen LogP contribution < -0.4 is 4.72 Å². The van der Waals surface area contributed by atoms with Crippen molar-refractivity contribution in [3.8, 4) is 0 Å². The maximum atomic E-state index is 12.4. The molecule has 3 nitrogen and oxygen atoms in total. The maximum absolute atomic E-state index is 12.4. The average Bonchev–Trinajstić information content (AvgIpc) is 2.53. The van der Waals surface area contributed by atoms with Gasteiger partial charge < -0.3 is 0 Å². The maximum Gasteiger partial charge on any atom is 0.241 e. The third-order valence-electron chi connectivity index (χ3n) is 3.46. The predicted octanol–water partition coefficient (Wildman–Crippen LogP) is 4.08. The van der Waals surface area contributed by atoms with Gasteiger partial charge in [0.15, 0.2) is 0 Å². The van der Waals surface area contributed by atoms with Crippen LogP contribution in [0.2, 0.25) is 0 Å². The van der Waals surface area contributed by atoms with E-state index in [4.69, 9.17) is 0 Å². The van der Waals surface area contributed by atoms with Crippen LogP contribution in [0, 0.1) is 0 Å². The van der Waals surface area contributed by atoms with Crippen LogP contribution >= 0.6 is 15.9 Å². The summed E-state index contributed by atoms with van der Waals surface area (Å²) in [5.41, 5.74) is 0.953. The fourth-order valence-corrected chi connectivity index (χ4v) is 4.37. The largest absolute Gasteiger partial charge is 0.241 e. The van der Waals surface area contributed by atoms with Gasteiger partial charge in [-0.3, -0.25) is 0 Å². The first-order chi connectivity index (χ1) is 10.6. The van der Waals surface area contributed by atoms with E-state index in [0.29, 0.717) is 4.47 Å². The first-order valence-corrected chi connectivity index (χ1v) is 9.06. The Morgan fingerprint density at radius 1 is 0.864 bits per heavy atom. The molecule has 0 amide bonds. The number of hydrogen-bond acceptors (Lipinski definition) is 2. The molecule has 22 heavy (non-hydrogen) atoms. The molecule has 3 aromatic rings. The smallest absolute Gasteiger partial charge is 0.207 e. The highest BCUT2D eigenvalue weighted by molar-refractivity contribution is 9.10. The molecule has 5 heteroatoms. The van der Waals surface area contributed by atoms with Gasteiger partial charge in [0.1, 0.15) is 0 Å². The van der Waals surface area contributed by atoms with Gasteiger partial charge in [-0.2, -0.15) is 0 Å². The van der Waals surface area contributed by atoms with Crippen LogP contribution in [0.1, 0.15) is 5.56 Å². The summed E-state index contributed by atoms with van der Waals surface area (Å²) < 4.78 is 28.1. The lowest BCUT2D eigenvalue weighted by molar-refractivity contribution is 0.581. The van der Waals surface area contributed by atoms with Crippen LogP contribution in [0.15, 0.2) is 76.1 Å². The van der Waals surface area contributed by atoms with E-state index in [0.717, 1.165) is 16.3 Å². The Balaban J connectivity index is 1.90. The number of fused-ring (bicyclic) bond motifs is 1. The van der Waals surface area contributed by atoms with Crippen LogP contribution in [0.5, 0.6) is 0 Å². The lowest BCUT2D eigenvalue weighted by atomic mass is 10.1. The Hall–Kier alpha value is -1.69. The zero-order valence-corrected chi connectivity index (χ0v) is 14.1. The van der Waals surface area contributed by atoms with E-state index < -0.39 is 10.0 Å². The molecular weight excluding hydrogens is 362 g/mol. The first kappa shape index (κ1) is 15.2. The predicted molar refractivity (Wildman–Crippen MR) is 92.1 cm³/mol. The highest BCUT2D eigenvalue weighted by Gasteiger charge is 2.16. The number of sulfonamides is 1. The molecule has 0 spiro atoms. The summed E-state index contributed by atoms with van der Waals surface area (Å²) in [6.07, 6.45) is 0. The minimum absolute atomic E-state index is 0.246. The van der Waals surface area contributed by atoms with Gasteiger partial charge in [0.05, 0.1) is 4.90 Å². The molecule has 0 saturated heterocycles. The lowest BCUT2D eigenvalue weighted by Crippen LogP contribution is -2.23. The van der Waals surface area contributed by atoms with E-state index in [9.17, 15) is 8.42 Å². The van der Waals surface area contributed by atoms with E-state index in [1.807, 2.05) is 42.5 Å². The Labute approximate surface area is 138 Å². The second-order valence-corrected chi connectivity index (χ2v) is 7.48. The van der Waals surface area contributed by atoms with Crippen molar-refractivity contribution in [2.75, 3.05) is 0 Å². The minimum atomic E-state index is -3.55. The second-order valence-electron chi connectivity index (χ2n) is 4.89. The first-order valence-electron chi connectivity index (χ1n) is 6.79. The standard InChI is InChI=1S/C17H14BrNO2S/c18-16-10-3-4-11-17(16)22(20,21)19-12-14-8-5-7-13-6-1-2-9-15(13)14/h1-11,19H,12H2. The van der Waals surface area contributed by atoms with Gasteiger partial charge in [-0.25, -0.2) is 13.1 Å². The minimum Gasteiger partial charge on any atom is -0.207 e. The number of halogens is 1. The monoisotopic (exact) mass is 375 g/mol. The molecular formula is C17H14BrNO2S. The average molecular weight is 376 g/mol. The summed E-state index contributed by atoms with van der Waals surface area (Å²) in [4.78, 5) is 0.246. The molecule has 0 bridgehead atoms. The van der Waals surface area contributed by atoms with Crippen molar-refractivity contribution in [1.82, 2.24) is 4.72 Å². The van der Waals surface area contributed by atoms with Gasteiger partial charge in [0, 0.05) is 11.0 Å². The lowest BCUT2D eigenvalue weighted by Gasteiger charge is -2.10. The molecule has 0 aliphatic rings. The molecule has 0 radical (unpaired) electrons. The van der Waals surface area contributed by atoms with Crippen molar-refractivity contribution in [2.45, 2.75) is 11.4 Å². The van der Waals surface area contributed by atoms with Crippen molar-refractivity contribution < 1.29 is 8.42 Å². The van der Waals surface area contributed by atoms with Crippen LogP contribution in [-0.4, -0.2) is 8.42 Å². The highest BCUT2D eigenvalue weighted by atomic mass is 79.9. The SMILES string of the molecule is O=S(=O)(NCc1cccc2ccccc12)c1ccccc1Br. The Kier molecular flexibility index (Phi) is 4.29. The molecule has 3 rings (SSSR count). The third kappa shape index (κ3) is 3.06. The molecule has 0 unspecified atom stereocenters. The van der Waals surface area contributed by atoms with E-state index in [2.05, 4.69) is 20.7 Å². The summed E-state index contributed by atoms with van der Waals surface area (Å²) in [6.45, 7) is 0.255. The Morgan fingerprint density at radius 3 is 2.36 bits per heavy atom. The van der Waals surface area contributed by atoms with Gasteiger partial charge in [-0.05, 0) is 44.4 Å². The van der Waals surface area contributed by atoms with E-state index >= 15 is 0 Å². The molecule has 0 aliphatic heterocycles. The summed E-state index contributed by atoms with van der Waals surface area (Å²) in [5.74, 6) is 0. The van der Waals surface area contributed by atoms with Gasteiger partial charge in [0.2, 0.25) is 10.0 Å². The third-order valence-corrected chi connectivity index (χ3v) is 5.87. The highest BCUT2D eigenvalue weighted by Crippen LogP contribution is 2.22. The second kappa shape index (κ2) is 6.20. The summed E-state index contributed by atoms with van der Waals surface area (Å²) in [5, 5.41) is 2.15. The number of rotatable bonds is 4. The molecule has 3 aromatic carbocycles. The van der Waals surface area contributed by atoms with Crippen LogP contribution in [-0.2, 0) is 16.6 Å². The Morgan fingerprint density at radius 2 is 1.55 bits per heavy atom. The quantitative estimate of drug-likeness (QED) is 0.746. The van der Waals surface area contributed by atoms with E-state index in [-0.39, 0.29) is 11.4 Å². The normalized spacial score (nSPS) is 11.7. The van der Waals surface area contributed by atoms with Crippen molar-refractivity contribution in [3.63, 3.8) is 0 Å². The zero-order chi connectivity index (χ0) is 15.6. The molecule has 1 N–H and O–H groups in total. The van der Waals surface area contributed by atoms with Crippen molar-refractivity contribution in [3.05, 3.63) is 76.8 Å². The summed E-state index contributed by atoms with van der Waals surface area (Å²) >= 11 is 3.28. The Bertz CT molecular complexity index is 917. The summed E-state index contributed by atoms with van der Waals surface area (Å²) in [7, 11) is -3.55. The summed E-state index contributed by atoms with van der Waals surface area (Å²) in [6, 6.07) is 20.6. The fraction of sp³-hybridized carbons (Fsp3) is 0.0588. The van der Waals surface area contributed by atoms with Crippen molar-refractivity contribution >= 4 is 36.7 Å². The zero-order valence-electron chi connectivity index (χ0n) is 11.7. The van der Waals surface area contributed by atoms with Crippen LogP contribution in [0.3, 0.4) is 0 Å². The van der Waals surface area contributed by atoms with Crippen LogP contribution in [0.25, 0.3) is 10.8 Å². The molecule has 0 fully saturated rings. The van der Waals surface area contributed by atoms with Gasteiger partial charge in [-0.15, -0.1) is 0 Å². The molecule has 0 heterocycles. The number of hydrogen-bond donors (Lipinski definition) is 1. The molecule has 0 aromatic heterocycles. The van der Waals surface area contributed by atoms with Gasteiger partial charge in [-0.1, -0.05) is 54.6 Å². The molecule has 112 valence electrons. The van der Waals surface area contributed by atoms with E-state index in [1.165, 1.54) is 0 Å². The van der Waals surface area contributed by atoms with Crippen LogP contribution in [0.4, 0.5) is 0 Å². The van der Waals surface area contributed by atoms with E-state index in [1.54, 1.807) is 24.3 Å². The fourth-order valence-electron chi connectivity index (χ4n) is 2.36. The number of nitrogens with one attached hydrogen (secondary N) is 1. The number of benzene rings is 3. The van der Waals surface area contributed by atoms with Gasteiger partial charge in [0.25, 0.3) is 0 Å². The molecule has 0 saturated carbocycles. The van der Waals surface area contributed by atoms with Crippen molar-refractivity contribution in [1.29, 1.82) is 0 Å². The van der Waals surface area contributed by atoms with Crippen molar-refractivity contribution in [2.24, 2.45) is 0 Å². The molecule has 0 atom stereocenters. The topological polar surface area (TPSA) is 46.2 Å². The van der Waals surface area contributed by atoms with Gasteiger partial charge >= 0.3 is 0 Å². The molecule has 0 aliphatic carbocycles.